The Morgan fingerprint density at radius 2 is 2.10 bits per heavy atom. The smallest absolute Gasteiger partial charge is 0.106 e. The zero-order valence-electron chi connectivity index (χ0n) is 12.9. The molecule has 0 amide bonds. The van der Waals surface area contributed by atoms with E-state index in [0.717, 1.165) is 32.0 Å². The molecule has 20 heavy (non-hydrogen) atoms. The minimum atomic E-state index is 0.662. The fourth-order valence-corrected chi connectivity index (χ4v) is 2.20. The molecule has 2 heterocycles. The third kappa shape index (κ3) is 3.70. The van der Waals surface area contributed by atoms with Gasteiger partial charge < -0.3 is 9.88 Å². The second-order valence-corrected chi connectivity index (χ2v) is 5.61. The van der Waals surface area contributed by atoms with Gasteiger partial charge in [0.25, 0.3) is 0 Å². The molecule has 0 spiro atoms. The molecule has 0 bridgehead atoms. The lowest BCUT2D eigenvalue weighted by Gasteiger charge is -2.11. The second-order valence-electron chi connectivity index (χ2n) is 5.61. The van der Waals surface area contributed by atoms with Crippen LogP contribution < -0.4 is 5.32 Å². The van der Waals surface area contributed by atoms with Crippen molar-refractivity contribution in [2.75, 3.05) is 6.54 Å². The molecule has 5 nitrogen and oxygen atoms in total. The van der Waals surface area contributed by atoms with E-state index in [1.807, 2.05) is 17.1 Å². The van der Waals surface area contributed by atoms with E-state index in [2.05, 4.69) is 53.9 Å². The Morgan fingerprint density at radius 3 is 2.75 bits per heavy atom. The van der Waals surface area contributed by atoms with Crippen molar-refractivity contribution >= 4 is 0 Å². The maximum Gasteiger partial charge on any atom is 0.106 e. The van der Waals surface area contributed by atoms with Crippen LogP contribution in [0.2, 0.25) is 0 Å². The van der Waals surface area contributed by atoms with E-state index in [1.54, 1.807) is 0 Å². The molecule has 110 valence electrons. The fraction of sp³-hybridized carbons (Fsp3) is 0.600. The molecule has 0 atom stereocenters. The highest BCUT2D eigenvalue weighted by Crippen LogP contribution is 2.09. The summed E-state index contributed by atoms with van der Waals surface area (Å²) in [5.41, 5.74) is 2.45. The highest BCUT2D eigenvalue weighted by Gasteiger charge is 2.08. The van der Waals surface area contributed by atoms with Gasteiger partial charge in [0.05, 0.1) is 18.4 Å². The van der Waals surface area contributed by atoms with Crippen molar-refractivity contribution in [2.24, 2.45) is 5.92 Å². The van der Waals surface area contributed by atoms with Gasteiger partial charge in [-0.05, 0) is 26.3 Å². The van der Waals surface area contributed by atoms with Crippen LogP contribution in [0.25, 0.3) is 0 Å². The van der Waals surface area contributed by atoms with Crippen LogP contribution in [0.3, 0.4) is 0 Å². The predicted octanol–water partition coefficient (Wildman–Crippen LogP) is 2.20. The summed E-state index contributed by atoms with van der Waals surface area (Å²) < 4.78 is 4.21. The molecule has 2 aromatic rings. The van der Waals surface area contributed by atoms with Crippen LogP contribution in [-0.2, 0) is 19.6 Å². The molecule has 0 fully saturated rings. The Balaban J connectivity index is 2.04. The van der Waals surface area contributed by atoms with Crippen molar-refractivity contribution < 1.29 is 0 Å². The number of hydrogen-bond acceptors (Lipinski definition) is 3. The first kappa shape index (κ1) is 14.8. The number of rotatable bonds is 7. The molecule has 0 unspecified atom stereocenters. The predicted molar refractivity (Wildman–Crippen MR) is 80.5 cm³/mol. The van der Waals surface area contributed by atoms with Crippen LogP contribution in [-0.4, -0.2) is 25.9 Å². The fourth-order valence-electron chi connectivity index (χ4n) is 2.20. The lowest BCUT2D eigenvalue weighted by atomic mass is 10.2. The number of hydrogen-bond donors (Lipinski definition) is 1. The maximum atomic E-state index is 4.43. The van der Waals surface area contributed by atoms with Crippen LogP contribution in [0.1, 0.15) is 37.9 Å². The van der Waals surface area contributed by atoms with E-state index in [1.165, 1.54) is 11.3 Å². The summed E-state index contributed by atoms with van der Waals surface area (Å²) in [6.07, 6.45) is 6.01. The summed E-state index contributed by atoms with van der Waals surface area (Å²) in [6.45, 7) is 12.2. The van der Waals surface area contributed by atoms with Crippen LogP contribution in [0, 0.1) is 12.8 Å². The molecule has 0 saturated heterocycles. The molecule has 0 aliphatic carbocycles. The van der Waals surface area contributed by atoms with Gasteiger partial charge in [0.1, 0.15) is 5.82 Å². The Bertz CT molecular complexity index is 538. The number of nitrogens with zero attached hydrogens (tertiary/aromatic N) is 4. The van der Waals surface area contributed by atoms with Gasteiger partial charge >= 0.3 is 0 Å². The first-order valence-electron chi connectivity index (χ1n) is 7.33. The molecule has 0 aromatic carbocycles. The number of nitrogens with one attached hydrogen (secondary N) is 1. The lowest BCUT2D eigenvalue weighted by Crippen LogP contribution is -2.21. The Kier molecular flexibility index (Phi) is 4.95. The van der Waals surface area contributed by atoms with Crippen molar-refractivity contribution in [3.05, 3.63) is 35.7 Å². The second kappa shape index (κ2) is 6.70. The molecule has 5 heteroatoms. The van der Waals surface area contributed by atoms with Gasteiger partial charge in [-0.25, -0.2) is 4.98 Å². The van der Waals surface area contributed by atoms with E-state index in [9.17, 15) is 0 Å². The van der Waals surface area contributed by atoms with Gasteiger partial charge in [-0.3, -0.25) is 4.68 Å². The number of aromatic nitrogens is 4. The Labute approximate surface area is 121 Å². The standard InChI is InChI=1S/C15H25N5/c1-5-19-10-14(7-18-19)11-20-13(4)17-9-15(20)8-16-6-12(2)3/h7,9-10,12,16H,5-6,8,11H2,1-4H3. The summed E-state index contributed by atoms with van der Waals surface area (Å²) in [5.74, 6) is 1.71. The van der Waals surface area contributed by atoms with Crippen molar-refractivity contribution in [3.8, 4) is 0 Å². The Morgan fingerprint density at radius 1 is 1.30 bits per heavy atom. The molecular weight excluding hydrogens is 250 g/mol. The molecular formula is C15H25N5. The summed E-state index contributed by atoms with van der Waals surface area (Å²) in [6, 6.07) is 0. The van der Waals surface area contributed by atoms with Gasteiger partial charge in [0.2, 0.25) is 0 Å². The monoisotopic (exact) mass is 275 g/mol. The average molecular weight is 275 g/mol. The quantitative estimate of drug-likeness (QED) is 0.842. The third-order valence-corrected chi connectivity index (χ3v) is 3.35. The lowest BCUT2D eigenvalue weighted by molar-refractivity contribution is 0.537. The van der Waals surface area contributed by atoms with E-state index in [0.29, 0.717) is 5.92 Å². The zero-order valence-corrected chi connectivity index (χ0v) is 12.9. The first-order valence-corrected chi connectivity index (χ1v) is 7.33. The first-order chi connectivity index (χ1) is 9.60. The van der Waals surface area contributed by atoms with E-state index >= 15 is 0 Å². The normalized spacial score (nSPS) is 11.4. The van der Waals surface area contributed by atoms with E-state index in [-0.39, 0.29) is 0 Å². The van der Waals surface area contributed by atoms with Crippen LogP contribution in [0.15, 0.2) is 18.6 Å². The van der Waals surface area contributed by atoms with Crippen molar-refractivity contribution in [1.29, 1.82) is 0 Å². The van der Waals surface area contributed by atoms with Gasteiger partial charge in [-0.15, -0.1) is 0 Å². The largest absolute Gasteiger partial charge is 0.326 e. The molecule has 0 aliphatic rings. The SMILES string of the molecule is CCn1cc(Cn2c(CNCC(C)C)cnc2C)cn1. The summed E-state index contributed by atoms with van der Waals surface area (Å²) >= 11 is 0. The van der Waals surface area contributed by atoms with Gasteiger partial charge in [0, 0.05) is 31.0 Å². The summed E-state index contributed by atoms with van der Waals surface area (Å²) in [4.78, 5) is 4.43. The molecule has 2 rings (SSSR count). The molecule has 1 N–H and O–H groups in total. The van der Waals surface area contributed by atoms with Gasteiger partial charge in [-0.2, -0.15) is 5.10 Å². The van der Waals surface area contributed by atoms with Crippen molar-refractivity contribution in [1.82, 2.24) is 24.6 Å². The maximum absolute atomic E-state index is 4.43. The molecule has 0 saturated carbocycles. The van der Waals surface area contributed by atoms with E-state index < -0.39 is 0 Å². The van der Waals surface area contributed by atoms with Gasteiger partial charge in [-0.1, -0.05) is 13.8 Å². The average Bonchev–Trinajstić information content (AvgIpc) is 2.99. The molecule has 2 aromatic heterocycles. The summed E-state index contributed by atoms with van der Waals surface area (Å²) in [7, 11) is 0. The number of aryl methyl sites for hydroxylation is 2. The van der Waals surface area contributed by atoms with E-state index in [4.69, 9.17) is 0 Å². The van der Waals surface area contributed by atoms with Crippen molar-refractivity contribution in [3.63, 3.8) is 0 Å². The third-order valence-electron chi connectivity index (χ3n) is 3.35. The number of imidazole rings is 1. The summed E-state index contributed by atoms with van der Waals surface area (Å²) in [5, 5.41) is 7.80. The van der Waals surface area contributed by atoms with Gasteiger partial charge in [0.15, 0.2) is 0 Å². The zero-order chi connectivity index (χ0) is 14.5. The van der Waals surface area contributed by atoms with Crippen LogP contribution >= 0.6 is 0 Å². The van der Waals surface area contributed by atoms with Crippen molar-refractivity contribution in [2.45, 2.75) is 47.3 Å². The van der Waals surface area contributed by atoms with Crippen LogP contribution in [0.4, 0.5) is 0 Å². The Hall–Kier alpha value is -1.62. The molecule has 0 radical (unpaired) electrons. The minimum absolute atomic E-state index is 0.662. The highest BCUT2D eigenvalue weighted by molar-refractivity contribution is 5.11. The molecule has 0 aliphatic heterocycles. The minimum Gasteiger partial charge on any atom is -0.326 e. The topological polar surface area (TPSA) is 47.7 Å². The highest BCUT2D eigenvalue weighted by atomic mass is 15.3. The van der Waals surface area contributed by atoms with Crippen LogP contribution in [0.5, 0.6) is 0 Å².